The van der Waals surface area contributed by atoms with E-state index in [1.165, 1.54) is 7.11 Å². The summed E-state index contributed by atoms with van der Waals surface area (Å²) in [6.45, 7) is 6.84. The molecule has 0 fully saturated rings. The van der Waals surface area contributed by atoms with Gasteiger partial charge >= 0.3 is 5.97 Å². The summed E-state index contributed by atoms with van der Waals surface area (Å²) >= 11 is 0. The molecular weight excluding hydrogens is 552 g/mol. The van der Waals surface area contributed by atoms with Crippen molar-refractivity contribution < 1.29 is 23.9 Å². The quantitative estimate of drug-likeness (QED) is 0.0976. The van der Waals surface area contributed by atoms with Crippen LogP contribution in [0.25, 0.3) is 0 Å². The number of esters is 1. The first-order chi connectivity index (χ1) is 21.3. The molecule has 1 N–H and O–H groups in total. The molecule has 1 amide bonds. The number of para-hydroxylation sites is 1. The van der Waals surface area contributed by atoms with Crippen LogP contribution in [0.3, 0.4) is 0 Å². The molecule has 0 bridgehead atoms. The molecule has 44 heavy (non-hydrogen) atoms. The van der Waals surface area contributed by atoms with E-state index in [-0.39, 0.29) is 17.6 Å². The maximum absolute atomic E-state index is 13.2. The smallest absolute Gasteiger partial charge is 0.328 e. The van der Waals surface area contributed by atoms with Gasteiger partial charge in [0.1, 0.15) is 11.8 Å². The zero-order valence-corrected chi connectivity index (χ0v) is 25.8. The molecule has 0 aliphatic carbocycles. The number of hydrogen-bond donors (Lipinski definition) is 1. The van der Waals surface area contributed by atoms with Gasteiger partial charge in [0.25, 0.3) is 0 Å². The lowest BCUT2D eigenvalue weighted by Crippen LogP contribution is -2.35. The molecule has 0 saturated heterocycles. The highest BCUT2D eigenvalue weighted by atomic mass is 16.5. The van der Waals surface area contributed by atoms with Crippen molar-refractivity contribution in [2.75, 3.05) is 30.5 Å². The first-order valence-corrected chi connectivity index (χ1v) is 14.9. The van der Waals surface area contributed by atoms with Crippen LogP contribution in [0.5, 0.6) is 5.75 Å². The van der Waals surface area contributed by atoms with E-state index in [4.69, 9.17) is 9.47 Å². The van der Waals surface area contributed by atoms with Crippen LogP contribution < -0.4 is 15.0 Å². The van der Waals surface area contributed by atoms with Gasteiger partial charge in [-0.2, -0.15) is 0 Å². The van der Waals surface area contributed by atoms with Crippen molar-refractivity contribution in [3.05, 3.63) is 125 Å². The van der Waals surface area contributed by atoms with E-state index >= 15 is 0 Å². The van der Waals surface area contributed by atoms with Gasteiger partial charge < -0.3 is 19.7 Å². The van der Waals surface area contributed by atoms with Gasteiger partial charge in [-0.05, 0) is 60.9 Å². The molecule has 0 saturated carbocycles. The zero-order chi connectivity index (χ0) is 31.5. The van der Waals surface area contributed by atoms with E-state index in [0.29, 0.717) is 48.6 Å². The number of ether oxygens (including phenoxy) is 2. The van der Waals surface area contributed by atoms with Crippen LogP contribution in [0.2, 0.25) is 0 Å². The molecule has 1 unspecified atom stereocenters. The Kier molecular flexibility index (Phi) is 11.3. The highest BCUT2D eigenvalue weighted by Crippen LogP contribution is 2.23. The number of methoxy groups -OCH3 is 1. The van der Waals surface area contributed by atoms with E-state index in [2.05, 4.69) is 5.32 Å². The Morgan fingerprint density at radius 2 is 1.55 bits per heavy atom. The molecular formula is C37H40N2O5. The topological polar surface area (TPSA) is 84.9 Å². The zero-order valence-electron chi connectivity index (χ0n) is 25.8. The van der Waals surface area contributed by atoms with Gasteiger partial charge in [0.2, 0.25) is 5.91 Å². The fourth-order valence-corrected chi connectivity index (χ4v) is 4.92. The number of aryl methyl sites for hydroxylation is 1. The molecule has 0 aliphatic rings. The minimum atomic E-state index is -0.706. The number of amides is 1. The molecule has 0 radical (unpaired) electrons. The van der Waals surface area contributed by atoms with E-state index in [1.807, 2.05) is 98.5 Å². The lowest BCUT2D eigenvalue weighted by molar-refractivity contribution is -0.141. The number of nitrogens with one attached hydrogen (secondary N) is 1. The normalized spacial score (nSPS) is 11.5. The van der Waals surface area contributed by atoms with Gasteiger partial charge in [-0.25, -0.2) is 4.79 Å². The van der Waals surface area contributed by atoms with E-state index in [9.17, 15) is 14.4 Å². The molecule has 7 heteroatoms. The van der Waals surface area contributed by atoms with E-state index in [0.717, 1.165) is 16.8 Å². The van der Waals surface area contributed by atoms with Crippen LogP contribution in [-0.4, -0.2) is 44.0 Å². The van der Waals surface area contributed by atoms with Crippen molar-refractivity contribution in [2.45, 2.75) is 39.7 Å². The highest BCUT2D eigenvalue weighted by Gasteiger charge is 2.23. The average molecular weight is 593 g/mol. The highest BCUT2D eigenvalue weighted by molar-refractivity contribution is 6.12. The fraction of sp³-hybridized carbons (Fsp3) is 0.270. The standard InChI is InChI=1S/C37H40N2O5/c1-26(2)36(41)39(30-15-10-12-27(3)24-30)22-11-23-44-31-20-18-28(19-21-31)25-34(37(42)43-4)38-33-17-9-8-16-32(33)35(40)29-13-6-5-7-14-29/h5-10,12-21,24,26,34,38H,11,22-23,25H2,1-4H3. The Bertz CT molecular complexity index is 1550. The molecule has 0 heterocycles. The van der Waals surface area contributed by atoms with E-state index < -0.39 is 12.0 Å². The number of carbonyl (C=O) groups is 3. The summed E-state index contributed by atoms with van der Waals surface area (Å²) in [5, 5.41) is 3.24. The molecule has 228 valence electrons. The predicted octanol–water partition coefficient (Wildman–Crippen LogP) is 6.88. The fourth-order valence-electron chi connectivity index (χ4n) is 4.92. The summed E-state index contributed by atoms with van der Waals surface area (Å²) in [4.78, 5) is 40.7. The number of anilines is 2. The number of ketones is 1. The van der Waals surface area contributed by atoms with Gasteiger partial charge in [0.05, 0.1) is 13.7 Å². The molecule has 4 aromatic carbocycles. The van der Waals surface area contributed by atoms with Crippen LogP contribution in [-0.2, 0) is 20.7 Å². The van der Waals surface area contributed by atoms with Gasteiger partial charge in [-0.1, -0.05) is 80.6 Å². The lowest BCUT2D eigenvalue weighted by atomic mass is 10.00. The maximum atomic E-state index is 13.2. The summed E-state index contributed by atoms with van der Waals surface area (Å²) in [6, 6.07) is 31.0. The third-order valence-electron chi connectivity index (χ3n) is 7.25. The van der Waals surface area contributed by atoms with Crippen LogP contribution in [0.1, 0.15) is 47.3 Å². The number of hydrogen-bond acceptors (Lipinski definition) is 6. The molecule has 7 nitrogen and oxygen atoms in total. The van der Waals surface area contributed by atoms with Gasteiger partial charge in [-0.15, -0.1) is 0 Å². The van der Waals surface area contributed by atoms with Crippen molar-refractivity contribution in [1.82, 2.24) is 0 Å². The minimum absolute atomic E-state index is 0.0841. The molecule has 4 aromatic rings. The third-order valence-corrected chi connectivity index (χ3v) is 7.25. The first kappa shape index (κ1) is 32.0. The van der Waals surface area contributed by atoms with Gasteiger partial charge in [0, 0.05) is 41.4 Å². The summed E-state index contributed by atoms with van der Waals surface area (Å²) < 4.78 is 11.1. The monoisotopic (exact) mass is 592 g/mol. The summed E-state index contributed by atoms with van der Waals surface area (Å²) in [7, 11) is 1.35. The first-order valence-electron chi connectivity index (χ1n) is 14.9. The molecule has 0 spiro atoms. The van der Waals surface area contributed by atoms with Gasteiger partial charge in [0.15, 0.2) is 5.78 Å². The number of carbonyl (C=O) groups excluding carboxylic acids is 3. The second-order valence-corrected chi connectivity index (χ2v) is 11.0. The molecule has 0 aromatic heterocycles. The van der Waals surface area contributed by atoms with Crippen LogP contribution in [0.15, 0.2) is 103 Å². The predicted molar refractivity (Wildman–Crippen MR) is 174 cm³/mol. The Morgan fingerprint density at radius 3 is 2.23 bits per heavy atom. The average Bonchev–Trinajstić information content (AvgIpc) is 3.04. The maximum Gasteiger partial charge on any atom is 0.328 e. The largest absolute Gasteiger partial charge is 0.494 e. The number of nitrogens with zero attached hydrogens (tertiary/aromatic N) is 1. The second kappa shape index (κ2) is 15.5. The van der Waals surface area contributed by atoms with Crippen molar-refractivity contribution >= 4 is 29.0 Å². The Morgan fingerprint density at radius 1 is 0.841 bits per heavy atom. The SMILES string of the molecule is COC(=O)C(Cc1ccc(OCCCN(C(=O)C(C)C)c2cccc(C)c2)cc1)Nc1ccccc1C(=O)c1ccccc1. The Balaban J connectivity index is 1.37. The number of benzene rings is 4. The van der Waals surface area contributed by atoms with Crippen LogP contribution >= 0.6 is 0 Å². The summed E-state index contributed by atoms with van der Waals surface area (Å²) in [5.41, 5.74) is 4.52. The second-order valence-electron chi connectivity index (χ2n) is 11.0. The number of rotatable bonds is 14. The lowest BCUT2D eigenvalue weighted by Gasteiger charge is -2.25. The molecule has 4 rings (SSSR count). The van der Waals surface area contributed by atoms with Crippen molar-refractivity contribution in [3.8, 4) is 5.75 Å². The Labute approximate surface area is 259 Å². The van der Waals surface area contributed by atoms with Crippen molar-refractivity contribution in [3.63, 3.8) is 0 Å². The third kappa shape index (κ3) is 8.57. The van der Waals surface area contributed by atoms with Gasteiger partial charge in [-0.3, -0.25) is 9.59 Å². The van der Waals surface area contributed by atoms with Crippen molar-refractivity contribution in [2.24, 2.45) is 5.92 Å². The summed E-state index contributed by atoms with van der Waals surface area (Å²) in [5.74, 6) is 0.120. The van der Waals surface area contributed by atoms with Crippen LogP contribution in [0.4, 0.5) is 11.4 Å². The minimum Gasteiger partial charge on any atom is -0.494 e. The Hall–Kier alpha value is -4.91. The molecule has 0 aliphatic heterocycles. The van der Waals surface area contributed by atoms with Crippen molar-refractivity contribution in [1.29, 1.82) is 0 Å². The summed E-state index contributed by atoms with van der Waals surface area (Å²) in [6.07, 6.45) is 1.02. The molecule has 1 atom stereocenters. The van der Waals surface area contributed by atoms with E-state index in [1.54, 1.807) is 30.3 Å². The van der Waals surface area contributed by atoms with Crippen LogP contribution in [0, 0.1) is 12.8 Å².